The summed E-state index contributed by atoms with van der Waals surface area (Å²) in [7, 11) is 3.66. The molecule has 1 aromatic rings. The number of likely N-dealkylation sites (N-methyl/N-ethyl adjacent to an activating group) is 2. The fraction of sp³-hybridized carbons (Fsp3) is 0.429. The number of hydrogen-bond donors (Lipinski definition) is 1. The van der Waals surface area contributed by atoms with Crippen LogP contribution in [0, 0.1) is 0 Å². The van der Waals surface area contributed by atoms with Crippen molar-refractivity contribution < 1.29 is 9.59 Å². The maximum absolute atomic E-state index is 12.0. The predicted molar refractivity (Wildman–Crippen MR) is 73.4 cm³/mol. The van der Waals surface area contributed by atoms with E-state index in [-0.39, 0.29) is 17.9 Å². The lowest BCUT2D eigenvalue weighted by Crippen LogP contribution is -2.30. The zero-order valence-corrected chi connectivity index (χ0v) is 11.1. The Hall–Kier alpha value is -1.88. The van der Waals surface area contributed by atoms with Crippen LogP contribution < -0.4 is 15.1 Å². The van der Waals surface area contributed by atoms with Crippen LogP contribution in [0.3, 0.4) is 0 Å². The molecule has 2 aliphatic rings. The first-order chi connectivity index (χ1) is 9.10. The maximum Gasteiger partial charge on any atom is 0.231 e. The lowest BCUT2D eigenvalue weighted by Gasteiger charge is -2.18. The number of amides is 2. The minimum absolute atomic E-state index is 0.105. The van der Waals surface area contributed by atoms with Gasteiger partial charge in [-0.2, -0.15) is 0 Å². The second-order valence-corrected chi connectivity index (χ2v) is 5.14. The molecule has 1 atom stereocenters. The molecule has 3 rings (SSSR count). The highest BCUT2D eigenvalue weighted by Crippen LogP contribution is 2.32. The van der Waals surface area contributed by atoms with Crippen LogP contribution in [0.5, 0.6) is 0 Å². The molecule has 0 spiro atoms. The van der Waals surface area contributed by atoms with Gasteiger partial charge in [0.25, 0.3) is 0 Å². The first kappa shape index (κ1) is 12.2. The van der Waals surface area contributed by atoms with Crippen molar-refractivity contribution >= 4 is 23.2 Å². The van der Waals surface area contributed by atoms with Crippen LogP contribution >= 0.6 is 0 Å². The summed E-state index contributed by atoms with van der Waals surface area (Å²) >= 11 is 0. The molecule has 19 heavy (non-hydrogen) atoms. The first-order valence-corrected chi connectivity index (χ1v) is 6.47. The summed E-state index contributed by atoms with van der Waals surface area (Å²) in [6.07, 6.45) is 0.962. The second-order valence-electron chi connectivity index (χ2n) is 5.14. The SMILES string of the molecule is CNC1CC(=O)N(c2ccc3c(c2)CC(=O)N3C)C1. The number of nitrogens with zero attached hydrogens (tertiary/aromatic N) is 2. The van der Waals surface area contributed by atoms with Crippen LogP contribution in [0.25, 0.3) is 0 Å². The molecule has 100 valence electrons. The summed E-state index contributed by atoms with van der Waals surface area (Å²) in [5.74, 6) is 0.241. The molecule has 0 bridgehead atoms. The fourth-order valence-electron chi connectivity index (χ4n) is 2.77. The Kier molecular flexibility index (Phi) is 2.78. The number of carbonyl (C=O) groups is 2. The summed E-state index contributed by atoms with van der Waals surface area (Å²) in [6, 6.07) is 6.02. The molecule has 0 aromatic heterocycles. The molecule has 5 nitrogen and oxygen atoms in total. The van der Waals surface area contributed by atoms with Crippen molar-refractivity contribution in [2.75, 3.05) is 30.4 Å². The van der Waals surface area contributed by atoms with Crippen molar-refractivity contribution in [1.82, 2.24) is 5.32 Å². The third-order valence-corrected chi connectivity index (χ3v) is 3.99. The lowest BCUT2D eigenvalue weighted by atomic mass is 10.1. The fourth-order valence-corrected chi connectivity index (χ4v) is 2.77. The van der Waals surface area contributed by atoms with E-state index in [0.717, 1.165) is 16.9 Å². The first-order valence-electron chi connectivity index (χ1n) is 6.47. The van der Waals surface area contributed by atoms with Crippen LogP contribution in [0.1, 0.15) is 12.0 Å². The van der Waals surface area contributed by atoms with Gasteiger partial charge in [-0.15, -0.1) is 0 Å². The quantitative estimate of drug-likeness (QED) is 0.843. The summed E-state index contributed by atoms with van der Waals surface area (Å²) in [5, 5.41) is 3.14. The second kappa shape index (κ2) is 4.35. The predicted octanol–water partition coefficient (Wildman–Crippen LogP) is 0.530. The van der Waals surface area contributed by atoms with Crippen LogP contribution in [0.15, 0.2) is 18.2 Å². The van der Waals surface area contributed by atoms with Crippen molar-refractivity contribution in [3.63, 3.8) is 0 Å². The molecule has 5 heteroatoms. The van der Waals surface area contributed by atoms with Gasteiger partial charge in [-0.1, -0.05) is 0 Å². The zero-order chi connectivity index (χ0) is 13.6. The number of rotatable bonds is 2. The van der Waals surface area contributed by atoms with Crippen LogP contribution in [-0.4, -0.2) is 38.5 Å². The lowest BCUT2D eigenvalue weighted by molar-refractivity contribution is -0.117. The largest absolute Gasteiger partial charge is 0.315 e. The maximum atomic E-state index is 12.0. The molecule has 0 radical (unpaired) electrons. The normalized spacial score (nSPS) is 22.3. The monoisotopic (exact) mass is 259 g/mol. The summed E-state index contributed by atoms with van der Waals surface area (Å²) < 4.78 is 0. The smallest absolute Gasteiger partial charge is 0.231 e. The van der Waals surface area contributed by atoms with E-state index < -0.39 is 0 Å². The van der Waals surface area contributed by atoms with E-state index >= 15 is 0 Å². The van der Waals surface area contributed by atoms with Gasteiger partial charge in [0.2, 0.25) is 11.8 Å². The molecule has 1 unspecified atom stereocenters. The molecular formula is C14H17N3O2. The third-order valence-electron chi connectivity index (χ3n) is 3.99. The third kappa shape index (κ3) is 1.90. The molecule has 1 N–H and O–H groups in total. The van der Waals surface area contributed by atoms with E-state index in [4.69, 9.17) is 0 Å². The van der Waals surface area contributed by atoms with Gasteiger partial charge in [0.15, 0.2) is 0 Å². The molecule has 1 fully saturated rings. The Labute approximate surface area is 112 Å². The van der Waals surface area contributed by atoms with Crippen LogP contribution in [0.4, 0.5) is 11.4 Å². The Morgan fingerprint density at radius 1 is 1.26 bits per heavy atom. The molecule has 1 saturated heterocycles. The molecule has 1 aromatic carbocycles. The van der Waals surface area contributed by atoms with E-state index in [1.54, 1.807) is 16.8 Å². The summed E-state index contributed by atoms with van der Waals surface area (Å²) in [5.41, 5.74) is 2.85. The molecule has 2 amide bonds. The minimum atomic E-state index is 0.105. The highest BCUT2D eigenvalue weighted by Gasteiger charge is 2.31. The van der Waals surface area contributed by atoms with E-state index in [1.807, 2.05) is 25.2 Å². The van der Waals surface area contributed by atoms with Gasteiger partial charge < -0.3 is 15.1 Å². The Balaban J connectivity index is 1.90. The van der Waals surface area contributed by atoms with Gasteiger partial charge in [-0.05, 0) is 30.8 Å². The number of carbonyl (C=O) groups excluding carboxylic acids is 2. The Morgan fingerprint density at radius 2 is 2.05 bits per heavy atom. The topological polar surface area (TPSA) is 52.7 Å². The average Bonchev–Trinajstić information content (AvgIpc) is 2.91. The molecule has 2 heterocycles. The Morgan fingerprint density at radius 3 is 2.74 bits per heavy atom. The van der Waals surface area contributed by atoms with Gasteiger partial charge in [-0.3, -0.25) is 9.59 Å². The summed E-state index contributed by atoms with van der Waals surface area (Å²) in [6.45, 7) is 0.692. The van der Waals surface area contributed by atoms with Crippen LogP contribution in [0.2, 0.25) is 0 Å². The number of anilines is 2. The van der Waals surface area contributed by atoms with Gasteiger partial charge in [0.05, 0.1) is 6.42 Å². The number of fused-ring (bicyclic) bond motifs is 1. The van der Waals surface area contributed by atoms with Crippen LogP contribution in [-0.2, 0) is 16.0 Å². The van der Waals surface area contributed by atoms with E-state index in [0.29, 0.717) is 19.4 Å². The van der Waals surface area contributed by atoms with Crippen molar-refractivity contribution in [2.45, 2.75) is 18.9 Å². The molecular weight excluding hydrogens is 242 g/mol. The van der Waals surface area contributed by atoms with E-state index in [2.05, 4.69) is 5.32 Å². The highest BCUT2D eigenvalue weighted by atomic mass is 16.2. The van der Waals surface area contributed by atoms with Gasteiger partial charge in [0.1, 0.15) is 0 Å². The van der Waals surface area contributed by atoms with Gasteiger partial charge in [-0.25, -0.2) is 0 Å². The van der Waals surface area contributed by atoms with Gasteiger partial charge in [0, 0.05) is 37.4 Å². The van der Waals surface area contributed by atoms with E-state index in [9.17, 15) is 9.59 Å². The van der Waals surface area contributed by atoms with Crippen molar-refractivity contribution in [2.24, 2.45) is 0 Å². The minimum Gasteiger partial charge on any atom is -0.315 e. The van der Waals surface area contributed by atoms with Crippen molar-refractivity contribution in [3.05, 3.63) is 23.8 Å². The standard InChI is InChI=1S/C14H17N3O2/c1-15-10-7-14(19)17(8-10)11-3-4-12-9(5-11)6-13(18)16(12)2/h3-5,10,15H,6-8H2,1-2H3. The molecule has 0 saturated carbocycles. The molecule has 0 aliphatic carbocycles. The highest BCUT2D eigenvalue weighted by molar-refractivity contribution is 6.02. The molecule has 2 aliphatic heterocycles. The number of hydrogen-bond acceptors (Lipinski definition) is 3. The van der Waals surface area contributed by atoms with E-state index in [1.165, 1.54) is 0 Å². The average molecular weight is 259 g/mol. The van der Waals surface area contributed by atoms with Crippen molar-refractivity contribution in [1.29, 1.82) is 0 Å². The number of nitrogens with one attached hydrogen (secondary N) is 1. The Bertz CT molecular complexity index is 556. The zero-order valence-electron chi connectivity index (χ0n) is 11.1. The van der Waals surface area contributed by atoms with Gasteiger partial charge >= 0.3 is 0 Å². The number of benzene rings is 1. The summed E-state index contributed by atoms with van der Waals surface area (Å²) in [4.78, 5) is 27.1. The van der Waals surface area contributed by atoms with Crippen molar-refractivity contribution in [3.8, 4) is 0 Å².